The Kier molecular flexibility index (Phi) is 4.14. The Bertz CT molecular complexity index is 1020. The van der Waals surface area contributed by atoms with Crippen LogP contribution < -0.4 is 4.74 Å². The van der Waals surface area contributed by atoms with E-state index in [1.54, 1.807) is 7.11 Å². The summed E-state index contributed by atoms with van der Waals surface area (Å²) in [5, 5.41) is 2.45. The number of hydrogen-bond donors (Lipinski definition) is 0. The molecule has 0 aliphatic rings. The van der Waals surface area contributed by atoms with Gasteiger partial charge in [-0.2, -0.15) is 0 Å². The van der Waals surface area contributed by atoms with Gasteiger partial charge in [0.15, 0.2) is 0 Å². The van der Waals surface area contributed by atoms with Crippen LogP contribution in [0, 0.1) is 0 Å². The molecule has 0 aliphatic carbocycles. The summed E-state index contributed by atoms with van der Waals surface area (Å²) in [4.78, 5) is 5.04. The fourth-order valence-corrected chi connectivity index (χ4v) is 3.36. The van der Waals surface area contributed by atoms with Gasteiger partial charge in [0, 0.05) is 17.5 Å². The van der Waals surface area contributed by atoms with E-state index in [0.717, 1.165) is 42.0 Å². The number of hydrogen-bond acceptors (Lipinski definition) is 2. The number of benzene rings is 3. The summed E-state index contributed by atoms with van der Waals surface area (Å²) in [7, 11) is 1.69. The number of fused-ring (bicyclic) bond motifs is 3. The maximum absolute atomic E-state index is 5.29. The molecular weight excluding hydrogens is 308 g/mol. The number of methoxy groups -OCH3 is 1. The zero-order chi connectivity index (χ0) is 17.2. The number of aromatic nitrogens is 2. The lowest BCUT2D eigenvalue weighted by molar-refractivity contribution is 0.415. The molecule has 0 unspecified atom stereocenters. The predicted octanol–water partition coefficient (Wildman–Crippen LogP) is 5.67. The van der Waals surface area contributed by atoms with Crippen LogP contribution in [0.4, 0.5) is 0 Å². The summed E-state index contributed by atoms with van der Waals surface area (Å²) in [6.45, 7) is 3.20. The minimum atomic E-state index is 0.866. The summed E-state index contributed by atoms with van der Waals surface area (Å²) in [6, 6.07) is 21.0. The van der Waals surface area contributed by atoms with E-state index < -0.39 is 0 Å². The van der Waals surface area contributed by atoms with E-state index in [1.807, 2.05) is 12.1 Å². The van der Waals surface area contributed by atoms with Crippen LogP contribution in [0.2, 0.25) is 0 Å². The average Bonchev–Trinajstić information content (AvgIpc) is 3.05. The van der Waals surface area contributed by atoms with E-state index >= 15 is 0 Å². The lowest BCUT2D eigenvalue weighted by atomic mass is 10.1. The monoisotopic (exact) mass is 330 g/mol. The quantitative estimate of drug-likeness (QED) is 0.472. The number of rotatable bonds is 5. The summed E-state index contributed by atoms with van der Waals surface area (Å²) in [5.41, 5.74) is 3.41. The minimum Gasteiger partial charge on any atom is -0.497 e. The van der Waals surface area contributed by atoms with E-state index in [1.165, 1.54) is 16.3 Å². The highest BCUT2D eigenvalue weighted by Gasteiger charge is 2.14. The molecule has 0 spiro atoms. The van der Waals surface area contributed by atoms with E-state index in [4.69, 9.17) is 9.72 Å². The predicted molar refractivity (Wildman–Crippen MR) is 104 cm³/mol. The summed E-state index contributed by atoms with van der Waals surface area (Å²) in [6.07, 6.45) is 2.30. The fraction of sp³-hybridized carbons (Fsp3) is 0.227. The van der Waals surface area contributed by atoms with Crippen molar-refractivity contribution >= 4 is 21.8 Å². The summed E-state index contributed by atoms with van der Waals surface area (Å²) >= 11 is 0. The highest BCUT2D eigenvalue weighted by atomic mass is 16.5. The normalized spacial score (nSPS) is 11.3. The van der Waals surface area contributed by atoms with Gasteiger partial charge in [0.25, 0.3) is 0 Å². The number of ether oxygens (including phenoxy) is 1. The van der Waals surface area contributed by atoms with E-state index in [2.05, 4.69) is 60.0 Å². The number of aryl methyl sites for hydroxylation is 1. The molecule has 0 saturated carbocycles. The lowest BCUT2D eigenvalue weighted by Crippen LogP contribution is -2.00. The van der Waals surface area contributed by atoms with Gasteiger partial charge in [-0.3, -0.25) is 0 Å². The molecule has 0 fully saturated rings. The van der Waals surface area contributed by atoms with Crippen molar-refractivity contribution in [1.29, 1.82) is 0 Å². The van der Waals surface area contributed by atoms with Gasteiger partial charge in [-0.15, -0.1) is 0 Å². The van der Waals surface area contributed by atoms with Crippen molar-refractivity contribution in [2.75, 3.05) is 7.11 Å². The molecule has 3 heteroatoms. The Labute approximate surface area is 147 Å². The molecule has 3 aromatic carbocycles. The standard InChI is InChI=1S/C22H22N2O/c1-3-4-15-24-20-14-11-16-7-5-6-8-19(16)21(20)23-22(24)17-9-12-18(25-2)13-10-17/h5-14H,3-4,15H2,1-2H3. The molecule has 25 heavy (non-hydrogen) atoms. The van der Waals surface area contributed by atoms with Crippen LogP contribution in [0.25, 0.3) is 33.2 Å². The molecule has 3 nitrogen and oxygen atoms in total. The van der Waals surface area contributed by atoms with Crippen molar-refractivity contribution in [2.24, 2.45) is 0 Å². The van der Waals surface area contributed by atoms with Gasteiger partial charge >= 0.3 is 0 Å². The van der Waals surface area contributed by atoms with Crippen LogP contribution in [0.5, 0.6) is 5.75 Å². The van der Waals surface area contributed by atoms with Crippen molar-refractivity contribution in [3.05, 3.63) is 60.7 Å². The van der Waals surface area contributed by atoms with Gasteiger partial charge in [0.2, 0.25) is 0 Å². The largest absolute Gasteiger partial charge is 0.497 e. The van der Waals surface area contributed by atoms with Crippen molar-refractivity contribution in [2.45, 2.75) is 26.3 Å². The Morgan fingerprint density at radius 1 is 0.960 bits per heavy atom. The molecular formula is C22H22N2O. The molecule has 4 rings (SSSR count). The molecule has 0 radical (unpaired) electrons. The van der Waals surface area contributed by atoms with E-state index in [0.29, 0.717) is 0 Å². The Morgan fingerprint density at radius 3 is 2.52 bits per heavy atom. The smallest absolute Gasteiger partial charge is 0.141 e. The number of unbranched alkanes of at least 4 members (excludes halogenated alkanes) is 1. The van der Waals surface area contributed by atoms with Crippen LogP contribution in [-0.2, 0) is 6.54 Å². The summed E-state index contributed by atoms with van der Waals surface area (Å²) < 4.78 is 7.64. The fourth-order valence-electron chi connectivity index (χ4n) is 3.36. The molecule has 4 aromatic rings. The molecule has 0 N–H and O–H groups in total. The Morgan fingerprint density at radius 2 is 1.76 bits per heavy atom. The van der Waals surface area contributed by atoms with Crippen LogP contribution in [0.1, 0.15) is 19.8 Å². The SMILES string of the molecule is CCCCn1c(-c2ccc(OC)cc2)nc2c3ccccc3ccc21. The Balaban J connectivity index is 1.95. The zero-order valence-electron chi connectivity index (χ0n) is 14.7. The van der Waals surface area contributed by atoms with Gasteiger partial charge in [0.1, 0.15) is 11.6 Å². The third kappa shape index (κ3) is 2.76. The number of imidazole rings is 1. The van der Waals surface area contributed by atoms with Crippen LogP contribution in [0.15, 0.2) is 60.7 Å². The summed E-state index contributed by atoms with van der Waals surface area (Å²) in [5.74, 6) is 1.90. The third-order valence-electron chi connectivity index (χ3n) is 4.73. The molecule has 126 valence electrons. The van der Waals surface area contributed by atoms with Crippen molar-refractivity contribution in [1.82, 2.24) is 9.55 Å². The van der Waals surface area contributed by atoms with Gasteiger partial charge in [-0.1, -0.05) is 43.7 Å². The molecule has 0 bridgehead atoms. The van der Waals surface area contributed by atoms with Gasteiger partial charge in [-0.05, 0) is 42.1 Å². The maximum Gasteiger partial charge on any atom is 0.141 e. The van der Waals surface area contributed by atoms with Crippen LogP contribution in [0.3, 0.4) is 0 Å². The van der Waals surface area contributed by atoms with Crippen molar-refractivity contribution in [3.8, 4) is 17.1 Å². The molecule has 1 heterocycles. The van der Waals surface area contributed by atoms with Gasteiger partial charge < -0.3 is 9.30 Å². The highest BCUT2D eigenvalue weighted by molar-refractivity contribution is 6.05. The van der Waals surface area contributed by atoms with Crippen molar-refractivity contribution < 1.29 is 4.74 Å². The highest BCUT2D eigenvalue weighted by Crippen LogP contribution is 2.31. The second-order valence-electron chi connectivity index (χ2n) is 6.32. The first kappa shape index (κ1) is 15.7. The van der Waals surface area contributed by atoms with Crippen LogP contribution in [-0.4, -0.2) is 16.7 Å². The first-order valence-corrected chi connectivity index (χ1v) is 8.84. The van der Waals surface area contributed by atoms with Gasteiger partial charge in [-0.25, -0.2) is 4.98 Å². The van der Waals surface area contributed by atoms with Crippen molar-refractivity contribution in [3.63, 3.8) is 0 Å². The average molecular weight is 330 g/mol. The maximum atomic E-state index is 5.29. The molecule has 0 aliphatic heterocycles. The first-order chi connectivity index (χ1) is 12.3. The molecule has 0 amide bonds. The zero-order valence-corrected chi connectivity index (χ0v) is 14.7. The molecule has 1 aromatic heterocycles. The Hall–Kier alpha value is -2.81. The lowest BCUT2D eigenvalue weighted by Gasteiger charge is -2.09. The molecule has 0 saturated heterocycles. The van der Waals surface area contributed by atoms with E-state index in [9.17, 15) is 0 Å². The third-order valence-corrected chi connectivity index (χ3v) is 4.73. The second kappa shape index (κ2) is 6.60. The topological polar surface area (TPSA) is 27.1 Å². The number of nitrogens with zero attached hydrogens (tertiary/aromatic N) is 2. The van der Waals surface area contributed by atoms with Gasteiger partial charge in [0.05, 0.1) is 18.1 Å². The second-order valence-corrected chi connectivity index (χ2v) is 6.32. The minimum absolute atomic E-state index is 0.866. The first-order valence-electron chi connectivity index (χ1n) is 8.84. The molecule has 0 atom stereocenters. The van der Waals surface area contributed by atoms with Crippen LogP contribution >= 0.6 is 0 Å². The van der Waals surface area contributed by atoms with E-state index in [-0.39, 0.29) is 0 Å².